The van der Waals surface area contributed by atoms with Crippen molar-refractivity contribution in [2.45, 2.75) is 19.3 Å². The number of anilines is 4. The third-order valence-corrected chi connectivity index (χ3v) is 4.91. The molecule has 1 aliphatic rings. The van der Waals surface area contributed by atoms with Crippen molar-refractivity contribution in [1.29, 1.82) is 0 Å². The van der Waals surface area contributed by atoms with Gasteiger partial charge in [0.05, 0.1) is 11.5 Å². The number of rotatable bonds is 4. The van der Waals surface area contributed by atoms with Gasteiger partial charge in [0, 0.05) is 22.8 Å². The molecule has 4 rings (SSSR count). The minimum absolute atomic E-state index is 0.0589. The molecule has 0 saturated carbocycles. The summed E-state index contributed by atoms with van der Waals surface area (Å²) in [6.07, 6.45) is -0.142. The number of nitrogens with zero attached hydrogens (tertiary/aromatic N) is 1. The van der Waals surface area contributed by atoms with Crippen LogP contribution in [-0.2, 0) is 9.59 Å². The van der Waals surface area contributed by atoms with E-state index >= 15 is 0 Å². The molecule has 1 aromatic heterocycles. The number of nitrogens with one attached hydrogen (secondary N) is 4. The van der Waals surface area contributed by atoms with Gasteiger partial charge in [-0.25, -0.2) is 0 Å². The molecule has 0 bridgehead atoms. The first-order chi connectivity index (χ1) is 14.4. The van der Waals surface area contributed by atoms with Crippen LogP contribution in [0.3, 0.4) is 0 Å². The average Bonchev–Trinajstić information content (AvgIpc) is 2.68. The van der Waals surface area contributed by atoms with Crippen LogP contribution in [0.5, 0.6) is 0 Å². The molecule has 0 fully saturated rings. The minimum Gasteiger partial charge on any atom is -0.326 e. The summed E-state index contributed by atoms with van der Waals surface area (Å²) in [6, 6.07) is 14.1. The van der Waals surface area contributed by atoms with Crippen LogP contribution < -0.4 is 21.5 Å². The second kappa shape index (κ2) is 8.00. The molecule has 2 amide bonds. The van der Waals surface area contributed by atoms with Gasteiger partial charge in [0.2, 0.25) is 17.8 Å². The Labute approximate surface area is 176 Å². The number of fused-ring (bicyclic) bond motifs is 1. The molecule has 0 radical (unpaired) electrons. The van der Waals surface area contributed by atoms with Crippen LogP contribution in [0.2, 0.25) is 5.02 Å². The zero-order chi connectivity index (χ0) is 21.3. The molecule has 8 nitrogen and oxygen atoms in total. The van der Waals surface area contributed by atoms with Gasteiger partial charge in [0.1, 0.15) is 5.82 Å². The number of aryl methyl sites for hydroxylation is 1. The molecule has 2 heterocycles. The maximum Gasteiger partial charge on any atom is 0.258 e. The molecule has 0 saturated heterocycles. The molecular formula is C21H18ClN5O3. The van der Waals surface area contributed by atoms with Crippen LogP contribution in [-0.4, -0.2) is 21.8 Å². The van der Waals surface area contributed by atoms with E-state index in [0.29, 0.717) is 16.4 Å². The van der Waals surface area contributed by atoms with Gasteiger partial charge in [-0.3, -0.25) is 19.4 Å². The van der Waals surface area contributed by atoms with Crippen LogP contribution >= 0.6 is 11.6 Å². The maximum absolute atomic E-state index is 12.8. The second-order valence-corrected chi connectivity index (χ2v) is 7.41. The smallest absolute Gasteiger partial charge is 0.258 e. The lowest BCUT2D eigenvalue weighted by Crippen LogP contribution is -2.36. The second-order valence-electron chi connectivity index (χ2n) is 6.97. The van der Waals surface area contributed by atoms with Gasteiger partial charge in [0.25, 0.3) is 5.56 Å². The number of H-pyrrole nitrogens is 1. The van der Waals surface area contributed by atoms with Crippen molar-refractivity contribution in [3.05, 3.63) is 75.0 Å². The molecule has 2 aromatic carbocycles. The third-order valence-electron chi connectivity index (χ3n) is 4.67. The molecule has 0 spiro atoms. The largest absolute Gasteiger partial charge is 0.326 e. The summed E-state index contributed by atoms with van der Waals surface area (Å²) in [5.41, 5.74) is 1.86. The summed E-state index contributed by atoms with van der Waals surface area (Å²) in [5.74, 6) is -1.60. The first-order valence-corrected chi connectivity index (χ1v) is 9.61. The Morgan fingerprint density at radius 2 is 1.90 bits per heavy atom. The highest BCUT2D eigenvalue weighted by molar-refractivity contribution is 6.30. The zero-order valence-electron chi connectivity index (χ0n) is 16.0. The van der Waals surface area contributed by atoms with E-state index in [1.807, 2.05) is 19.1 Å². The van der Waals surface area contributed by atoms with Crippen molar-refractivity contribution in [3.8, 4) is 0 Å². The van der Waals surface area contributed by atoms with Crippen molar-refractivity contribution in [2.75, 3.05) is 16.0 Å². The standard InChI is InChI=1S/C21H18ClN5O3/c1-11-5-7-13(8-6-11)23-19(29)15-10-16(28)25-18-17(15)20(30)27-21(26-18)24-14-4-2-3-12(22)9-14/h2-9,15H,10H2,1H3,(H,23,29)(H3,24,25,26,27,28,30)/t15-/m1/s1. The Morgan fingerprint density at radius 3 is 2.63 bits per heavy atom. The summed E-state index contributed by atoms with van der Waals surface area (Å²) in [4.78, 5) is 44.7. The highest BCUT2D eigenvalue weighted by Crippen LogP contribution is 2.30. The van der Waals surface area contributed by atoms with E-state index in [1.165, 1.54) is 0 Å². The van der Waals surface area contributed by atoms with E-state index in [9.17, 15) is 14.4 Å². The lowest BCUT2D eigenvalue weighted by atomic mass is 9.92. The van der Waals surface area contributed by atoms with Gasteiger partial charge in [-0.2, -0.15) is 4.98 Å². The fourth-order valence-electron chi connectivity index (χ4n) is 3.22. The number of carbonyl (C=O) groups is 2. The van der Waals surface area contributed by atoms with Crippen LogP contribution in [0.25, 0.3) is 0 Å². The molecule has 9 heteroatoms. The molecule has 1 atom stereocenters. The Kier molecular flexibility index (Phi) is 5.24. The van der Waals surface area contributed by atoms with Crippen LogP contribution in [0.1, 0.15) is 23.5 Å². The number of carbonyl (C=O) groups excluding carboxylic acids is 2. The number of hydrogen-bond donors (Lipinski definition) is 4. The molecule has 1 aliphatic heterocycles. The predicted molar refractivity (Wildman–Crippen MR) is 115 cm³/mol. The molecule has 30 heavy (non-hydrogen) atoms. The van der Waals surface area contributed by atoms with Crippen molar-refractivity contribution in [1.82, 2.24) is 9.97 Å². The fourth-order valence-corrected chi connectivity index (χ4v) is 3.41. The molecular weight excluding hydrogens is 406 g/mol. The zero-order valence-corrected chi connectivity index (χ0v) is 16.7. The Bertz CT molecular complexity index is 1190. The molecule has 0 unspecified atom stereocenters. The number of hydrogen-bond acceptors (Lipinski definition) is 5. The highest BCUT2D eigenvalue weighted by Gasteiger charge is 2.34. The van der Waals surface area contributed by atoms with Crippen molar-refractivity contribution in [3.63, 3.8) is 0 Å². The topological polar surface area (TPSA) is 116 Å². The van der Waals surface area contributed by atoms with Gasteiger partial charge < -0.3 is 16.0 Å². The minimum atomic E-state index is -0.952. The van der Waals surface area contributed by atoms with Crippen LogP contribution in [0, 0.1) is 6.92 Å². The number of halogens is 1. The van der Waals surface area contributed by atoms with Crippen LogP contribution in [0.15, 0.2) is 53.3 Å². The van der Waals surface area contributed by atoms with Crippen LogP contribution in [0.4, 0.5) is 23.1 Å². The lowest BCUT2D eigenvalue weighted by Gasteiger charge is -2.23. The monoisotopic (exact) mass is 423 g/mol. The number of aromatic nitrogens is 2. The third kappa shape index (κ3) is 4.18. The summed E-state index contributed by atoms with van der Waals surface area (Å²) in [7, 11) is 0. The SMILES string of the molecule is Cc1ccc(NC(=O)[C@@H]2CC(=O)Nc3nc(Nc4cccc(Cl)c4)[nH]c(=O)c32)cc1. The summed E-state index contributed by atoms with van der Waals surface area (Å²) < 4.78 is 0. The first kappa shape index (κ1) is 19.7. The van der Waals surface area contributed by atoms with E-state index < -0.39 is 23.3 Å². The molecule has 152 valence electrons. The predicted octanol–water partition coefficient (Wildman–Crippen LogP) is 3.54. The van der Waals surface area contributed by atoms with Gasteiger partial charge in [0.15, 0.2) is 0 Å². The van der Waals surface area contributed by atoms with Gasteiger partial charge in [-0.05, 0) is 37.3 Å². The normalized spacial score (nSPS) is 15.1. The Morgan fingerprint density at radius 1 is 1.13 bits per heavy atom. The van der Waals surface area contributed by atoms with E-state index in [4.69, 9.17) is 11.6 Å². The molecule has 0 aliphatic carbocycles. The Balaban J connectivity index is 1.63. The summed E-state index contributed by atoms with van der Waals surface area (Å²) in [6.45, 7) is 1.94. The Hall–Kier alpha value is -3.65. The van der Waals surface area contributed by atoms with Crippen molar-refractivity contribution < 1.29 is 9.59 Å². The summed E-state index contributed by atoms with van der Waals surface area (Å²) in [5, 5.41) is 8.79. The van der Waals surface area contributed by atoms with Gasteiger partial charge in [-0.1, -0.05) is 35.4 Å². The van der Waals surface area contributed by atoms with Gasteiger partial charge in [-0.15, -0.1) is 0 Å². The van der Waals surface area contributed by atoms with E-state index in [0.717, 1.165) is 5.56 Å². The first-order valence-electron chi connectivity index (χ1n) is 9.23. The van der Waals surface area contributed by atoms with Crippen molar-refractivity contribution >= 4 is 46.6 Å². The fraction of sp³-hybridized carbons (Fsp3) is 0.143. The molecule has 3 aromatic rings. The number of aromatic amines is 1. The number of amides is 2. The highest BCUT2D eigenvalue weighted by atomic mass is 35.5. The average molecular weight is 424 g/mol. The lowest BCUT2D eigenvalue weighted by molar-refractivity contribution is -0.123. The van der Waals surface area contributed by atoms with E-state index in [1.54, 1.807) is 36.4 Å². The van der Waals surface area contributed by atoms with Gasteiger partial charge >= 0.3 is 0 Å². The van der Waals surface area contributed by atoms with E-state index in [2.05, 4.69) is 25.9 Å². The van der Waals surface area contributed by atoms with Crippen molar-refractivity contribution in [2.24, 2.45) is 0 Å². The van der Waals surface area contributed by atoms with E-state index in [-0.39, 0.29) is 23.8 Å². The number of benzene rings is 2. The quantitative estimate of drug-likeness (QED) is 0.512. The maximum atomic E-state index is 12.8. The summed E-state index contributed by atoms with van der Waals surface area (Å²) >= 11 is 5.97. The molecule has 4 N–H and O–H groups in total.